The highest BCUT2D eigenvalue weighted by Gasteiger charge is 2.35. The lowest BCUT2D eigenvalue weighted by molar-refractivity contribution is -0.0382. The lowest BCUT2D eigenvalue weighted by atomic mass is 9.95. The van der Waals surface area contributed by atoms with Gasteiger partial charge in [-0.1, -0.05) is 24.3 Å². The zero-order valence-electron chi connectivity index (χ0n) is 13.8. The molecule has 0 aromatic heterocycles. The number of nitrogens with zero attached hydrogens (tertiary/aromatic N) is 1. The van der Waals surface area contributed by atoms with Gasteiger partial charge in [-0.15, -0.1) is 0 Å². The van der Waals surface area contributed by atoms with Gasteiger partial charge < -0.3 is 15.2 Å². The molecule has 22 heavy (non-hydrogen) atoms. The predicted octanol–water partition coefficient (Wildman–Crippen LogP) is 2.63. The molecule has 1 heterocycles. The van der Waals surface area contributed by atoms with E-state index in [1.165, 1.54) is 0 Å². The number of hydrogen-bond donors (Lipinski definition) is 1. The summed E-state index contributed by atoms with van der Waals surface area (Å²) in [7, 11) is 0. The van der Waals surface area contributed by atoms with Crippen LogP contribution >= 0.6 is 0 Å². The van der Waals surface area contributed by atoms with E-state index in [1.54, 1.807) is 4.90 Å². The Kier molecular flexibility index (Phi) is 5.08. The number of hydrogen-bond acceptors (Lipinski definition) is 4. The van der Waals surface area contributed by atoms with Crippen LogP contribution in [0.25, 0.3) is 0 Å². The minimum absolute atomic E-state index is 0.218. The Hall–Kier alpha value is -1.59. The van der Waals surface area contributed by atoms with E-state index in [9.17, 15) is 4.79 Å². The van der Waals surface area contributed by atoms with Gasteiger partial charge in [0, 0.05) is 6.54 Å². The van der Waals surface area contributed by atoms with E-state index in [2.05, 4.69) is 0 Å². The van der Waals surface area contributed by atoms with Crippen molar-refractivity contribution in [1.29, 1.82) is 0 Å². The summed E-state index contributed by atoms with van der Waals surface area (Å²) in [4.78, 5) is 14.1. The van der Waals surface area contributed by atoms with E-state index >= 15 is 0 Å². The van der Waals surface area contributed by atoms with Gasteiger partial charge in [-0.3, -0.25) is 4.90 Å². The number of nitrogens with two attached hydrogens (primary N) is 1. The first-order valence-electron chi connectivity index (χ1n) is 7.68. The average Bonchev–Trinajstić information content (AvgIpc) is 2.45. The Bertz CT molecular complexity index is 525. The van der Waals surface area contributed by atoms with Crippen molar-refractivity contribution in [2.45, 2.75) is 45.4 Å². The second-order valence-electron chi connectivity index (χ2n) is 6.70. The van der Waals surface area contributed by atoms with E-state index < -0.39 is 5.60 Å². The van der Waals surface area contributed by atoms with Gasteiger partial charge in [0.25, 0.3) is 0 Å². The molecular weight excluding hydrogens is 280 g/mol. The smallest absolute Gasteiger partial charge is 0.410 e. The fourth-order valence-corrected chi connectivity index (χ4v) is 2.64. The highest BCUT2D eigenvalue weighted by Crippen LogP contribution is 2.25. The predicted molar refractivity (Wildman–Crippen MR) is 85.7 cm³/mol. The van der Waals surface area contributed by atoms with Crippen LogP contribution in [0.2, 0.25) is 0 Å². The van der Waals surface area contributed by atoms with Crippen LogP contribution in [-0.2, 0) is 9.47 Å². The molecule has 0 saturated carbocycles. The largest absolute Gasteiger partial charge is 0.444 e. The zero-order chi connectivity index (χ0) is 16.3. The molecule has 0 spiro atoms. The summed E-state index contributed by atoms with van der Waals surface area (Å²) in [5, 5.41) is 0. The molecule has 1 aromatic carbocycles. The van der Waals surface area contributed by atoms with Gasteiger partial charge in [0.2, 0.25) is 0 Å². The average molecular weight is 306 g/mol. The van der Waals surface area contributed by atoms with Crippen molar-refractivity contribution < 1.29 is 14.3 Å². The molecule has 2 atom stereocenters. The van der Waals surface area contributed by atoms with Gasteiger partial charge in [0.05, 0.1) is 25.3 Å². The molecule has 5 heteroatoms. The molecule has 2 unspecified atom stereocenters. The van der Waals surface area contributed by atoms with Gasteiger partial charge in [0.1, 0.15) is 5.60 Å². The molecule has 1 amide bonds. The van der Waals surface area contributed by atoms with Crippen molar-refractivity contribution in [3.8, 4) is 0 Å². The molecule has 5 nitrogen and oxygen atoms in total. The second kappa shape index (κ2) is 6.67. The van der Waals surface area contributed by atoms with Gasteiger partial charge in [0.15, 0.2) is 0 Å². The summed E-state index contributed by atoms with van der Waals surface area (Å²) < 4.78 is 11.0. The van der Waals surface area contributed by atoms with Crippen molar-refractivity contribution >= 4 is 6.09 Å². The van der Waals surface area contributed by atoms with Gasteiger partial charge in [-0.25, -0.2) is 4.79 Å². The van der Waals surface area contributed by atoms with Crippen molar-refractivity contribution in [3.63, 3.8) is 0 Å². The Labute approximate surface area is 132 Å². The molecule has 2 rings (SSSR count). The molecule has 0 aliphatic carbocycles. The molecule has 122 valence electrons. The summed E-state index contributed by atoms with van der Waals surface area (Å²) in [6.45, 7) is 9.05. The minimum Gasteiger partial charge on any atom is -0.444 e. The molecule has 1 aliphatic heterocycles. The maximum absolute atomic E-state index is 12.4. The van der Waals surface area contributed by atoms with Crippen LogP contribution in [0, 0.1) is 6.92 Å². The first kappa shape index (κ1) is 16.8. The zero-order valence-corrected chi connectivity index (χ0v) is 13.8. The molecule has 0 bridgehead atoms. The molecule has 0 radical (unpaired) electrons. The van der Waals surface area contributed by atoms with E-state index in [1.807, 2.05) is 52.0 Å². The number of benzene rings is 1. The third kappa shape index (κ3) is 3.99. The Morgan fingerprint density at radius 1 is 1.41 bits per heavy atom. The summed E-state index contributed by atoms with van der Waals surface area (Å²) in [6, 6.07) is 7.45. The summed E-state index contributed by atoms with van der Waals surface area (Å²) in [6.07, 6.45) is -0.329. The Morgan fingerprint density at radius 3 is 2.73 bits per heavy atom. The fraction of sp³-hybridized carbons (Fsp3) is 0.588. The van der Waals surface area contributed by atoms with E-state index in [0.29, 0.717) is 19.8 Å². The number of aryl methyl sites for hydroxylation is 1. The molecule has 2 N–H and O–H groups in total. The number of ether oxygens (including phenoxy) is 2. The third-order valence-electron chi connectivity index (χ3n) is 3.76. The number of rotatable bonds is 2. The lowest BCUT2D eigenvalue weighted by Crippen LogP contribution is -2.54. The standard InChI is InChI=1S/C17H26N2O3/c1-12-7-5-6-8-13(12)15(18)14-11-21-10-9-19(14)16(20)22-17(2,3)4/h5-8,14-15H,9-11,18H2,1-4H3. The van der Waals surface area contributed by atoms with Crippen LogP contribution in [0.3, 0.4) is 0 Å². The first-order chi connectivity index (χ1) is 10.3. The number of carbonyl (C=O) groups is 1. The van der Waals surface area contributed by atoms with E-state index in [4.69, 9.17) is 15.2 Å². The maximum atomic E-state index is 12.4. The lowest BCUT2D eigenvalue weighted by Gasteiger charge is -2.39. The van der Waals surface area contributed by atoms with E-state index in [0.717, 1.165) is 11.1 Å². The highest BCUT2D eigenvalue weighted by molar-refractivity contribution is 5.69. The summed E-state index contributed by atoms with van der Waals surface area (Å²) in [5.74, 6) is 0. The van der Waals surface area contributed by atoms with Crippen molar-refractivity contribution in [2.75, 3.05) is 19.8 Å². The Balaban J connectivity index is 2.19. The topological polar surface area (TPSA) is 64.8 Å². The summed E-state index contributed by atoms with van der Waals surface area (Å²) >= 11 is 0. The normalized spacial score (nSPS) is 20.6. The minimum atomic E-state index is -0.521. The quantitative estimate of drug-likeness (QED) is 0.912. The van der Waals surface area contributed by atoms with Crippen molar-refractivity contribution in [1.82, 2.24) is 4.90 Å². The van der Waals surface area contributed by atoms with Crippen LogP contribution in [0.1, 0.15) is 37.9 Å². The van der Waals surface area contributed by atoms with Crippen molar-refractivity contribution in [3.05, 3.63) is 35.4 Å². The van der Waals surface area contributed by atoms with Gasteiger partial charge in [-0.05, 0) is 38.8 Å². The molecular formula is C17H26N2O3. The van der Waals surface area contributed by atoms with Crippen LogP contribution in [-0.4, -0.2) is 42.4 Å². The molecule has 1 aromatic rings. The monoisotopic (exact) mass is 306 g/mol. The number of morpholine rings is 1. The first-order valence-corrected chi connectivity index (χ1v) is 7.68. The maximum Gasteiger partial charge on any atom is 0.410 e. The Morgan fingerprint density at radius 2 is 2.09 bits per heavy atom. The van der Waals surface area contributed by atoms with Crippen LogP contribution < -0.4 is 5.73 Å². The third-order valence-corrected chi connectivity index (χ3v) is 3.76. The van der Waals surface area contributed by atoms with Gasteiger partial charge in [-0.2, -0.15) is 0 Å². The van der Waals surface area contributed by atoms with E-state index in [-0.39, 0.29) is 18.2 Å². The molecule has 1 aliphatic rings. The number of carbonyl (C=O) groups excluding carboxylic acids is 1. The van der Waals surface area contributed by atoms with Gasteiger partial charge >= 0.3 is 6.09 Å². The van der Waals surface area contributed by atoms with Crippen LogP contribution in [0.4, 0.5) is 4.79 Å². The van der Waals surface area contributed by atoms with Crippen LogP contribution in [0.5, 0.6) is 0 Å². The highest BCUT2D eigenvalue weighted by atomic mass is 16.6. The molecule has 1 saturated heterocycles. The fourth-order valence-electron chi connectivity index (χ4n) is 2.64. The SMILES string of the molecule is Cc1ccccc1C(N)C1COCCN1C(=O)OC(C)(C)C. The second-order valence-corrected chi connectivity index (χ2v) is 6.70. The number of amides is 1. The molecule has 1 fully saturated rings. The van der Waals surface area contributed by atoms with Crippen molar-refractivity contribution in [2.24, 2.45) is 5.73 Å². The van der Waals surface area contributed by atoms with Crippen LogP contribution in [0.15, 0.2) is 24.3 Å². The summed E-state index contributed by atoms with van der Waals surface area (Å²) in [5.41, 5.74) is 8.06.